The van der Waals surface area contributed by atoms with Crippen molar-refractivity contribution >= 4 is 41.3 Å². The zero-order valence-corrected chi connectivity index (χ0v) is 17.0. The van der Waals surface area contributed by atoms with Crippen LogP contribution in [0.15, 0.2) is 41.5 Å². The number of rotatable bonds is 6. The van der Waals surface area contributed by atoms with E-state index in [-0.39, 0.29) is 24.0 Å². The van der Waals surface area contributed by atoms with Crippen LogP contribution in [-0.2, 0) is 6.54 Å². The second-order valence-corrected chi connectivity index (χ2v) is 6.55. The van der Waals surface area contributed by atoms with Crippen molar-refractivity contribution in [3.8, 4) is 0 Å². The van der Waals surface area contributed by atoms with E-state index >= 15 is 0 Å². The molecule has 2 N–H and O–H groups in total. The molecule has 2 aromatic rings. The molecular weight excluding hydrogens is 419 g/mol. The Kier molecular flexibility index (Phi) is 9.16. The average Bonchev–Trinajstić information content (AvgIpc) is 2.96. The standard InChI is InChI=1S/C17H24N4S.HI/c1-4-18-17(21-12-16-11-19-14(3)22-16)20-10-13(2)15-8-6-5-7-9-15;/h5-9,11,13H,4,10,12H2,1-3H3,(H2,18,20,21);1H. The maximum Gasteiger partial charge on any atom is 0.191 e. The maximum atomic E-state index is 4.63. The third-order valence-corrected chi connectivity index (χ3v) is 4.25. The fourth-order valence-corrected chi connectivity index (χ4v) is 2.85. The van der Waals surface area contributed by atoms with E-state index in [2.05, 4.69) is 58.7 Å². The van der Waals surface area contributed by atoms with Crippen molar-refractivity contribution in [2.45, 2.75) is 33.2 Å². The molecule has 0 fully saturated rings. The van der Waals surface area contributed by atoms with E-state index in [0.29, 0.717) is 12.5 Å². The Bertz CT molecular complexity index is 598. The lowest BCUT2D eigenvalue weighted by Gasteiger charge is -2.16. The van der Waals surface area contributed by atoms with E-state index in [1.165, 1.54) is 10.4 Å². The second-order valence-electron chi connectivity index (χ2n) is 5.23. The van der Waals surface area contributed by atoms with Crippen LogP contribution in [-0.4, -0.2) is 24.0 Å². The summed E-state index contributed by atoms with van der Waals surface area (Å²) in [5, 5.41) is 7.79. The largest absolute Gasteiger partial charge is 0.357 e. The smallest absolute Gasteiger partial charge is 0.191 e. The van der Waals surface area contributed by atoms with Crippen LogP contribution in [0.1, 0.15) is 35.2 Å². The highest BCUT2D eigenvalue weighted by Crippen LogP contribution is 2.14. The zero-order chi connectivity index (χ0) is 15.8. The van der Waals surface area contributed by atoms with Crippen LogP contribution in [0.25, 0.3) is 0 Å². The van der Waals surface area contributed by atoms with E-state index in [4.69, 9.17) is 0 Å². The first-order valence-corrected chi connectivity index (χ1v) is 8.49. The Morgan fingerprint density at radius 1 is 1.26 bits per heavy atom. The van der Waals surface area contributed by atoms with E-state index in [1.54, 1.807) is 11.3 Å². The molecule has 0 aliphatic rings. The third kappa shape index (κ3) is 6.87. The normalized spacial score (nSPS) is 12.4. The first-order valence-electron chi connectivity index (χ1n) is 7.67. The number of benzene rings is 1. The summed E-state index contributed by atoms with van der Waals surface area (Å²) in [6.07, 6.45) is 1.90. The molecule has 23 heavy (non-hydrogen) atoms. The number of thiazole rings is 1. The van der Waals surface area contributed by atoms with Gasteiger partial charge in [-0.2, -0.15) is 0 Å². The molecular formula is C17H25IN4S. The van der Waals surface area contributed by atoms with Crippen LogP contribution in [0, 0.1) is 6.92 Å². The van der Waals surface area contributed by atoms with Crippen molar-refractivity contribution in [3.05, 3.63) is 52.0 Å². The predicted octanol–water partition coefficient (Wildman–Crippen LogP) is 3.93. The van der Waals surface area contributed by atoms with E-state index in [0.717, 1.165) is 24.1 Å². The molecule has 0 aliphatic heterocycles. The number of halogens is 1. The van der Waals surface area contributed by atoms with E-state index in [9.17, 15) is 0 Å². The van der Waals surface area contributed by atoms with Gasteiger partial charge in [0.25, 0.3) is 0 Å². The highest BCUT2D eigenvalue weighted by molar-refractivity contribution is 14.0. The molecule has 1 atom stereocenters. The Morgan fingerprint density at radius 3 is 2.61 bits per heavy atom. The molecule has 6 heteroatoms. The van der Waals surface area contributed by atoms with Crippen molar-refractivity contribution in [3.63, 3.8) is 0 Å². The lowest BCUT2D eigenvalue weighted by molar-refractivity contribution is 0.700. The second kappa shape index (κ2) is 10.6. The van der Waals surface area contributed by atoms with Crippen LogP contribution in [0.4, 0.5) is 0 Å². The van der Waals surface area contributed by atoms with Gasteiger partial charge in [0, 0.05) is 24.2 Å². The Balaban J connectivity index is 0.00000264. The molecule has 126 valence electrons. The molecule has 0 spiro atoms. The molecule has 0 bridgehead atoms. The summed E-state index contributed by atoms with van der Waals surface area (Å²) in [6.45, 7) is 8.70. The van der Waals surface area contributed by atoms with Gasteiger partial charge in [0.1, 0.15) is 0 Å². The summed E-state index contributed by atoms with van der Waals surface area (Å²) >= 11 is 1.70. The SMILES string of the molecule is CCNC(=NCc1cnc(C)s1)NCC(C)c1ccccc1.I. The van der Waals surface area contributed by atoms with Gasteiger partial charge in [0.2, 0.25) is 0 Å². The first-order chi connectivity index (χ1) is 10.7. The third-order valence-electron chi connectivity index (χ3n) is 3.35. The number of guanidine groups is 1. The van der Waals surface area contributed by atoms with Crippen molar-refractivity contribution < 1.29 is 0 Å². The van der Waals surface area contributed by atoms with E-state index in [1.807, 2.05) is 19.2 Å². The Labute approximate surface area is 159 Å². The molecule has 1 heterocycles. The van der Waals surface area contributed by atoms with E-state index < -0.39 is 0 Å². The highest BCUT2D eigenvalue weighted by atomic mass is 127. The molecule has 2 rings (SSSR count). The summed E-state index contributed by atoms with van der Waals surface area (Å²) in [7, 11) is 0. The average molecular weight is 444 g/mol. The summed E-state index contributed by atoms with van der Waals surface area (Å²) < 4.78 is 0. The monoisotopic (exact) mass is 444 g/mol. The molecule has 0 radical (unpaired) electrons. The number of hydrogen-bond donors (Lipinski definition) is 2. The molecule has 4 nitrogen and oxygen atoms in total. The molecule has 0 aliphatic carbocycles. The topological polar surface area (TPSA) is 49.3 Å². The lowest BCUT2D eigenvalue weighted by atomic mass is 10.0. The maximum absolute atomic E-state index is 4.63. The highest BCUT2D eigenvalue weighted by Gasteiger charge is 2.06. The van der Waals surface area contributed by atoms with Crippen molar-refractivity contribution in [1.29, 1.82) is 0 Å². The van der Waals surface area contributed by atoms with Gasteiger partial charge in [-0.15, -0.1) is 35.3 Å². The zero-order valence-electron chi connectivity index (χ0n) is 13.9. The molecule has 1 aromatic carbocycles. The number of aromatic nitrogens is 1. The van der Waals surface area contributed by atoms with Gasteiger partial charge < -0.3 is 10.6 Å². The minimum Gasteiger partial charge on any atom is -0.357 e. The van der Waals surface area contributed by atoms with Crippen LogP contribution < -0.4 is 10.6 Å². The van der Waals surface area contributed by atoms with Crippen molar-refractivity contribution in [2.24, 2.45) is 4.99 Å². The number of nitrogens with zero attached hydrogens (tertiary/aromatic N) is 2. The molecule has 1 unspecified atom stereocenters. The molecule has 0 saturated heterocycles. The minimum atomic E-state index is 0. The molecule has 0 saturated carbocycles. The van der Waals surface area contributed by atoms with Crippen LogP contribution >= 0.6 is 35.3 Å². The van der Waals surface area contributed by atoms with Crippen LogP contribution in [0.5, 0.6) is 0 Å². The Morgan fingerprint density at radius 2 is 2.00 bits per heavy atom. The van der Waals surface area contributed by atoms with Gasteiger partial charge in [0.15, 0.2) is 5.96 Å². The number of nitrogens with one attached hydrogen (secondary N) is 2. The van der Waals surface area contributed by atoms with Gasteiger partial charge in [-0.3, -0.25) is 0 Å². The summed E-state index contributed by atoms with van der Waals surface area (Å²) in [5.74, 6) is 1.30. The number of aryl methyl sites for hydroxylation is 1. The fourth-order valence-electron chi connectivity index (χ4n) is 2.13. The molecule has 0 amide bonds. The van der Waals surface area contributed by atoms with Crippen LogP contribution in [0.2, 0.25) is 0 Å². The first kappa shape index (κ1) is 19.9. The van der Waals surface area contributed by atoms with Gasteiger partial charge in [-0.25, -0.2) is 9.98 Å². The van der Waals surface area contributed by atoms with Crippen molar-refractivity contribution in [1.82, 2.24) is 15.6 Å². The van der Waals surface area contributed by atoms with Gasteiger partial charge in [-0.1, -0.05) is 37.3 Å². The number of aliphatic imine (C=N–C) groups is 1. The predicted molar refractivity (Wildman–Crippen MR) is 110 cm³/mol. The van der Waals surface area contributed by atoms with Crippen molar-refractivity contribution in [2.75, 3.05) is 13.1 Å². The quantitative estimate of drug-likeness (QED) is 0.403. The summed E-state index contributed by atoms with van der Waals surface area (Å²) in [6, 6.07) is 10.5. The summed E-state index contributed by atoms with van der Waals surface area (Å²) in [5.41, 5.74) is 1.34. The Hall–Kier alpha value is -1.15. The molecule has 1 aromatic heterocycles. The van der Waals surface area contributed by atoms with Gasteiger partial charge in [-0.05, 0) is 25.3 Å². The number of hydrogen-bond acceptors (Lipinski definition) is 3. The van der Waals surface area contributed by atoms with Crippen LogP contribution in [0.3, 0.4) is 0 Å². The van der Waals surface area contributed by atoms with Gasteiger partial charge >= 0.3 is 0 Å². The summed E-state index contributed by atoms with van der Waals surface area (Å²) in [4.78, 5) is 10.1. The van der Waals surface area contributed by atoms with Gasteiger partial charge in [0.05, 0.1) is 11.6 Å². The fraction of sp³-hybridized carbons (Fsp3) is 0.412. The minimum absolute atomic E-state index is 0. The lowest BCUT2D eigenvalue weighted by Crippen LogP contribution is -2.39.